The summed E-state index contributed by atoms with van der Waals surface area (Å²) in [6.07, 6.45) is 10.7. The number of carbonyl (C=O) groups is 1. The molecule has 6 nitrogen and oxygen atoms in total. The summed E-state index contributed by atoms with van der Waals surface area (Å²) in [5.74, 6) is 0.448. The van der Waals surface area contributed by atoms with E-state index in [1.54, 1.807) is 18.3 Å². The van der Waals surface area contributed by atoms with E-state index in [1.165, 1.54) is 7.05 Å². The van der Waals surface area contributed by atoms with Gasteiger partial charge in [-0.25, -0.2) is 5.12 Å². The van der Waals surface area contributed by atoms with Crippen LogP contribution < -0.4 is 15.8 Å². The van der Waals surface area contributed by atoms with E-state index >= 15 is 0 Å². The fraction of sp³-hybridized carbons (Fsp3) is 0.630. The average molecular weight is 476 g/mol. The monoisotopic (exact) mass is 475 g/mol. The van der Waals surface area contributed by atoms with Crippen molar-refractivity contribution in [3.63, 3.8) is 0 Å². The van der Waals surface area contributed by atoms with Crippen molar-refractivity contribution < 1.29 is 9.28 Å². The second-order valence-electron chi connectivity index (χ2n) is 8.84. The molecule has 0 aromatic heterocycles. The molecule has 0 aliphatic rings. The normalized spacial score (nSPS) is 12.3. The number of amides is 1. The minimum atomic E-state index is 0.167. The van der Waals surface area contributed by atoms with Crippen LogP contribution in [0, 0.1) is 5.92 Å². The van der Waals surface area contributed by atoms with E-state index in [0.717, 1.165) is 82.3 Å². The van der Waals surface area contributed by atoms with Gasteiger partial charge in [0, 0.05) is 38.7 Å². The van der Waals surface area contributed by atoms with E-state index in [0.29, 0.717) is 17.2 Å². The van der Waals surface area contributed by atoms with Gasteiger partial charge in [-0.2, -0.15) is 5.10 Å². The van der Waals surface area contributed by atoms with Crippen molar-refractivity contribution in [2.24, 2.45) is 11.0 Å². The molecular formula is C27H46FN5O. The maximum Gasteiger partial charge on any atom is 0.219 e. The molecular weight excluding hydrogens is 429 g/mol. The molecule has 0 spiro atoms. The number of hydrogen-bond acceptors (Lipinski definition) is 5. The van der Waals surface area contributed by atoms with Crippen LogP contribution in [0.3, 0.4) is 0 Å². The Morgan fingerprint density at radius 3 is 2.35 bits per heavy atom. The molecule has 1 rings (SSSR count). The fourth-order valence-electron chi connectivity index (χ4n) is 3.62. The van der Waals surface area contributed by atoms with Gasteiger partial charge < -0.3 is 10.6 Å². The molecule has 0 fully saturated rings. The van der Waals surface area contributed by atoms with Crippen LogP contribution in [0.2, 0.25) is 0 Å². The Balaban J connectivity index is 2.40. The molecule has 0 saturated carbocycles. The summed E-state index contributed by atoms with van der Waals surface area (Å²) < 4.78 is 13.4. The number of nitrogens with one attached hydrogen (secondary N) is 2. The highest BCUT2D eigenvalue weighted by Gasteiger charge is 2.14. The van der Waals surface area contributed by atoms with E-state index in [1.807, 2.05) is 24.2 Å². The summed E-state index contributed by atoms with van der Waals surface area (Å²) in [5.41, 5.74) is 2.52. The Hall–Kier alpha value is -2.41. The van der Waals surface area contributed by atoms with Gasteiger partial charge in [0.2, 0.25) is 5.91 Å². The van der Waals surface area contributed by atoms with Gasteiger partial charge in [0.15, 0.2) is 0 Å². The molecule has 1 amide bonds. The summed E-state index contributed by atoms with van der Waals surface area (Å²) in [4.78, 5) is 11.9. The Morgan fingerprint density at radius 1 is 1.09 bits per heavy atom. The van der Waals surface area contributed by atoms with Crippen LogP contribution in [0.25, 0.3) is 0 Å². The van der Waals surface area contributed by atoms with Crippen molar-refractivity contribution >= 4 is 17.3 Å². The van der Waals surface area contributed by atoms with Gasteiger partial charge in [0.05, 0.1) is 11.4 Å². The number of benzene rings is 1. The molecule has 1 unspecified atom stereocenters. The third-order valence-corrected chi connectivity index (χ3v) is 6.01. The van der Waals surface area contributed by atoms with Crippen LogP contribution in [-0.2, 0) is 4.79 Å². The number of hydrazone groups is 1. The van der Waals surface area contributed by atoms with Crippen molar-refractivity contribution in [1.82, 2.24) is 15.6 Å². The molecule has 34 heavy (non-hydrogen) atoms. The second-order valence-corrected chi connectivity index (χ2v) is 8.84. The first kappa shape index (κ1) is 29.6. The lowest BCUT2D eigenvalue weighted by Crippen LogP contribution is -2.24. The van der Waals surface area contributed by atoms with E-state index in [-0.39, 0.29) is 11.8 Å². The van der Waals surface area contributed by atoms with E-state index in [9.17, 15) is 9.28 Å². The van der Waals surface area contributed by atoms with Crippen LogP contribution >= 0.6 is 0 Å². The van der Waals surface area contributed by atoms with Crippen molar-refractivity contribution in [3.8, 4) is 0 Å². The molecule has 0 bridgehead atoms. The number of unbranched alkanes of at least 4 members (excludes halogenated alkanes) is 5. The fourth-order valence-corrected chi connectivity index (χ4v) is 3.62. The third kappa shape index (κ3) is 12.2. The first-order valence-corrected chi connectivity index (χ1v) is 12.8. The topological polar surface area (TPSA) is 60.0 Å². The molecule has 0 radical (unpaired) electrons. The summed E-state index contributed by atoms with van der Waals surface area (Å²) in [5, 5.41) is 13.6. The largest absolute Gasteiger partial charge is 0.356 e. The molecule has 7 heteroatoms. The first-order valence-electron chi connectivity index (χ1n) is 12.8. The van der Waals surface area contributed by atoms with Gasteiger partial charge in [-0.3, -0.25) is 9.80 Å². The van der Waals surface area contributed by atoms with Gasteiger partial charge in [0.25, 0.3) is 0 Å². The van der Waals surface area contributed by atoms with Crippen molar-refractivity contribution in [2.45, 2.75) is 71.6 Å². The quantitative estimate of drug-likeness (QED) is 0.117. The molecule has 0 aliphatic heterocycles. The highest BCUT2D eigenvalue weighted by atomic mass is 19.2. The molecule has 0 saturated heterocycles. The predicted octanol–water partition coefficient (Wildman–Crippen LogP) is 5.66. The number of nitrogens with zero attached hydrogens (tertiary/aromatic N) is 3. The zero-order chi connectivity index (χ0) is 25.2. The number of carbonyl (C=O) groups excluding carboxylic acids is 1. The molecule has 0 heterocycles. The Labute approximate surface area is 206 Å². The van der Waals surface area contributed by atoms with E-state index < -0.39 is 0 Å². The predicted molar refractivity (Wildman–Crippen MR) is 143 cm³/mol. The molecule has 192 valence electrons. The second kappa shape index (κ2) is 18.0. The van der Waals surface area contributed by atoms with Gasteiger partial charge >= 0.3 is 0 Å². The number of anilines is 1. The van der Waals surface area contributed by atoms with Gasteiger partial charge in [-0.05, 0) is 63.4 Å². The van der Waals surface area contributed by atoms with Crippen LogP contribution in [-0.4, -0.2) is 50.4 Å². The molecule has 1 aromatic rings. The molecule has 1 atom stereocenters. The van der Waals surface area contributed by atoms with E-state index in [2.05, 4.69) is 31.1 Å². The molecule has 0 aliphatic carbocycles. The highest BCUT2D eigenvalue weighted by Crippen LogP contribution is 2.19. The third-order valence-electron chi connectivity index (χ3n) is 6.01. The maximum atomic E-state index is 13.4. The number of halogens is 1. The standard InChI is InChI=1S/C27H46FN5O/c1-6-23(3)27(24-16-18-25(19-17-24)32(5)28)31-33(7-2)22-14-9-8-13-21-30-26(34)15-11-10-12-20-29-4/h7,16-19,23,29H,2,6,8-15,20-22H2,1,3-5H3,(H,30,34)/b31-27+. The minimum absolute atomic E-state index is 0.167. The zero-order valence-electron chi connectivity index (χ0n) is 21.8. The Bertz CT molecular complexity index is 720. The lowest BCUT2D eigenvalue weighted by molar-refractivity contribution is -0.121. The Morgan fingerprint density at radius 2 is 1.74 bits per heavy atom. The summed E-state index contributed by atoms with van der Waals surface area (Å²) in [7, 11) is 3.34. The Kier molecular flexibility index (Phi) is 15.7. The summed E-state index contributed by atoms with van der Waals surface area (Å²) in [6, 6.07) is 7.39. The van der Waals surface area contributed by atoms with Crippen molar-refractivity contribution in [3.05, 3.63) is 42.6 Å². The first-order chi connectivity index (χ1) is 16.4. The van der Waals surface area contributed by atoms with Crippen molar-refractivity contribution in [1.29, 1.82) is 0 Å². The zero-order valence-corrected chi connectivity index (χ0v) is 21.8. The van der Waals surface area contributed by atoms with Gasteiger partial charge in [0.1, 0.15) is 0 Å². The van der Waals surface area contributed by atoms with Gasteiger partial charge in [-0.15, -0.1) is 4.48 Å². The van der Waals surface area contributed by atoms with E-state index in [4.69, 9.17) is 5.10 Å². The SMILES string of the molecule is C=CN(CCCCCCNC(=O)CCCCCNC)/N=C(/c1ccc(N(C)F)cc1)C(C)CC. The molecule has 1 aromatic carbocycles. The smallest absolute Gasteiger partial charge is 0.219 e. The lowest BCUT2D eigenvalue weighted by Gasteiger charge is -2.20. The highest BCUT2D eigenvalue weighted by molar-refractivity contribution is 6.02. The number of hydrogen-bond donors (Lipinski definition) is 2. The van der Waals surface area contributed by atoms with Crippen LogP contribution in [0.4, 0.5) is 10.2 Å². The number of rotatable bonds is 19. The van der Waals surface area contributed by atoms with Crippen LogP contribution in [0.15, 0.2) is 42.1 Å². The molecule has 2 N–H and O–H groups in total. The van der Waals surface area contributed by atoms with Crippen molar-refractivity contribution in [2.75, 3.05) is 38.9 Å². The average Bonchev–Trinajstić information content (AvgIpc) is 2.84. The summed E-state index contributed by atoms with van der Waals surface area (Å²) in [6.45, 7) is 10.8. The lowest BCUT2D eigenvalue weighted by atomic mass is 9.96. The maximum absolute atomic E-state index is 13.4. The van der Waals surface area contributed by atoms with Gasteiger partial charge in [-0.1, -0.05) is 51.8 Å². The van der Waals surface area contributed by atoms with Crippen LogP contribution in [0.1, 0.15) is 77.2 Å². The van der Waals surface area contributed by atoms with Crippen LogP contribution in [0.5, 0.6) is 0 Å². The summed E-state index contributed by atoms with van der Waals surface area (Å²) >= 11 is 0. The minimum Gasteiger partial charge on any atom is -0.356 e.